The van der Waals surface area contributed by atoms with E-state index in [0.29, 0.717) is 36.5 Å². The van der Waals surface area contributed by atoms with Crippen LogP contribution < -0.4 is 9.64 Å². The van der Waals surface area contributed by atoms with Gasteiger partial charge in [-0.15, -0.1) is 0 Å². The van der Waals surface area contributed by atoms with E-state index in [1.165, 1.54) is 0 Å². The maximum absolute atomic E-state index is 16.3. The number of aliphatic hydroxyl groups excluding tert-OH is 1. The maximum atomic E-state index is 16.3. The van der Waals surface area contributed by atoms with Gasteiger partial charge in [-0.05, 0) is 54.4 Å². The molecule has 3 aromatic carbocycles. The van der Waals surface area contributed by atoms with Crippen molar-refractivity contribution in [3.05, 3.63) is 95.1 Å². The van der Waals surface area contributed by atoms with E-state index in [9.17, 15) is 14.7 Å². The number of fused-ring (bicyclic) bond motifs is 3. The van der Waals surface area contributed by atoms with E-state index in [1.54, 1.807) is 30.0 Å². The first kappa shape index (κ1) is 29.5. The lowest BCUT2D eigenvalue weighted by molar-refractivity contribution is -0.151. The first-order chi connectivity index (χ1) is 20.6. The number of benzene rings is 3. The second-order valence-electron chi connectivity index (χ2n) is 12.6. The van der Waals surface area contributed by atoms with E-state index >= 15 is 4.11 Å². The highest BCUT2D eigenvalue weighted by atomic mass is 28.4. The summed E-state index contributed by atoms with van der Waals surface area (Å²) in [4.78, 5) is 31.9. The molecule has 7 nitrogen and oxygen atoms in total. The van der Waals surface area contributed by atoms with Gasteiger partial charge in [0.1, 0.15) is 5.75 Å². The van der Waals surface area contributed by atoms with Gasteiger partial charge in [-0.1, -0.05) is 61.5 Å². The molecule has 6 rings (SSSR count). The number of nitrogens with zero attached hydrogens (tertiary/aromatic N) is 2. The molecule has 0 unspecified atom stereocenters. The number of carbonyl (C=O) groups is 2. The Morgan fingerprint density at radius 1 is 1.09 bits per heavy atom. The van der Waals surface area contributed by atoms with Crippen molar-refractivity contribution in [3.63, 3.8) is 0 Å². The minimum absolute atomic E-state index is 0.0684. The monoisotopic (exact) mass is 602 g/mol. The smallest absolute Gasteiger partial charge is 0.264 e. The van der Waals surface area contributed by atoms with E-state index in [0.717, 1.165) is 16.7 Å². The van der Waals surface area contributed by atoms with E-state index in [4.69, 9.17) is 9.47 Å². The van der Waals surface area contributed by atoms with E-state index in [-0.39, 0.29) is 30.9 Å². The third kappa shape index (κ3) is 4.97. The summed E-state index contributed by atoms with van der Waals surface area (Å²) < 4.78 is 28.7. The molecule has 43 heavy (non-hydrogen) atoms. The maximum Gasteiger partial charge on any atom is 0.264 e. The molecule has 3 aliphatic heterocycles. The van der Waals surface area contributed by atoms with Crippen LogP contribution in [0.2, 0.25) is 18.6 Å². The van der Waals surface area contributed by atoms with Gasteiger partial charge >= 0.3 is 0 Å². The highest BCUT2D eigenvalue weighted by molar-refractivity contribution is 6.72. The number of hydrogen-bond donors (Lipinski definition) is 1. The number of halogens is 1. The SMILES string of the molecule is COc1ccc2c(c1)[C@]1(O[C@@H](CC(=O)N3Cc4ccccc4C[C@H]3CO)[C@H]([Si](C)(C)F)[C@H]1C)C(=O)N2Cc1ccccc1. The number of amides is 2. The van der Waals surface area contributed by atoms with Crippen LogP contribution in [0, 0.1) is 5.92 Å². The third-order valence-corrected chi connectivity index (χ3v) is 12.1. The first-order valence-electron chi connectivity index (χ1n) is 15.0. The van der Waals surface area contributed by atoms with Crippen molar-refractivity contribution >= 4 is 25.9 Å². The molecule has 3 aliphatic rings. The zero-order valence-electron chi connectivity index (χ0n) is 25.1. The Kier molecular flexibility index (Phi) is 7.69. The van der Waals surface area contributed by atoms with Gasteiger partial charge in [-0.25, -0.2) is 0 Å². The Balaban J connectivity index is 1.37. The Morgan fingerprint density at radius 3 is 2.47 bits per heavy atom. The van der Waals surface area contributed by atoms with Crippen LogP contribution in [0.4, 0.5) is 9.80 Å². The molecule has 1 N–H and O–H groups in total. The molecule has 0 bridgehead atoms. The summed E-state index contributed by atoms with van der Waals surface area (Å²) in [6.45, 7) is 5.71. The summed E-state index contributed by atoms with van der Waals surface area (Å²) in [6, 6.07) is 22.8. The van der Waals surface area contributed by atoms with Crippen molar-refractivity contribution in [2.24, 2.45) is 5.92 Å². The van der Waals surface area contributed by atoms with Crippen molar-refractivity contribution in [2.75, 3.05) is 18.6 Å². The average molecular weight is 603 g/mol. The fourth-order valence-corrected chi connectivity index (χ4v) is 10.1. The molecular weight excluding hydrogens is 563 g/mol. The van der Waals surface area contributed by atoms with Crippen molar-refractivity contribution in [1.29, 1.82) is 0 Å². The molecule has 1 fully saturated rings. The van der Waals surface area contributed by atoms with Gasteiger partial charge in [0.2, 0.25) is 14.3 Å². The quantitative estimate of drug-likeness (QED) is 0.291. The van der Waals surface area contributed by atoms with Crippen molar-refractivity contribution in [2.45, 2.75) is 69.2 Å². The van der Waals surface area contributed by atoms with Crippen LogP contribution in [-0.4, -0.2) is 56.1 Å². The van der Waals surface area contributed by atoms with Crippen LogP contribution >= 0.6 is 0 Å². The topological polar surface area (TPSA) is 79.3 Å². The predicted octanol–water partition coefficient (Wildman–Crippen LogP) is 5.35. The summed E-state index contributed by atoms with van der Waals surface area (Å²) in [6.07, 6.45) is -0.316. The minimum Gasteiger partial charge on any atom is -0.497 e. The summed E-state index contributed by atoms with van der Waals surface area (Å²) in [5.74, 6) is -0.394. The zero-order chi connectivity index (χ0) is 30.5. The van der Waals surface area contributed by atoms with Gasteiger partial charge in [-0.2, -0.15) is 0 Å². The Hall–Kier alpha value is -3.53. The molecule has 1 spiro atoms. The largest absolute Gasteiger partial charge is 0.497 e. The zero-order valence-corrected chi connectivity index (χ0v) is 26.1. The van der Waals surface area contributed by atoms with Crippen molar-refractivity contribution in [3.8, 4) is 5.75 Å². The number of rotatable bonds is 7. The number of methoxy groups -OCH3 is 1. The first-order valence-corrected chi connectivity index (χ1v) is 17.9. The van der Waals surface area contributed by atoms with E-state index < -0.39 is 31.6 Å². The van der Waals surface area contributed by atoms with Gasteiger partial charge < -0.3 is 28.5 Å². The second-order valence-corrected chi connectivity index (χ2v) is 16.4. The lowest BCUT2D eigenvalue weighted by atomic mass is 9.82. The van der Waals surface area contributed by atoms with Crippen LogP contribution in [0.3, 0.4) is 0 Å². The highest BCUT2D eigenvalue weighted by Crippen LogP contribution is 2.60. The molecular formula is C34H39FN2O5Si. The minimum atomic E-state index is -3.46. The molecule has 1 saturated heterocycles. The van der Waals surface area contributed by atoms with E-state index in [2.05, 4.69) is 0 Å². The Morgan fingerprint density at radius 2 is 1.79 bits per heavy atom. The number of ether oxygens (including phenoxy) is 2. The molecule has 0 radical (unpaired) electrons. The lowest BCUT2D eigenvalue weighted by Crippen LogP contribution is -2.48. The molecule has 3 heterocycles. The Bertz CT molecular complexity index is 1530. The van der Waals surface area contributed by atoms with E-state index in [1.807, 2.05) is 79.7 Å². The average Bonchev–Trinajstić information content (AvgIpc) is 3.42. The van der Waals surface area contributed by atoms with Gasteiger partial charge in [0.15, 0.2) is 5.60 Å². The van der Waals surface area contributed by atoms with Crippen molar-refractivity contribution in [1.82, 2.24) is 4.90 Å². The summed E-state index contributed by atoms with van der Waals surface area (Å²) >= 11 is 0. The van der Waals surface area contributed by atoms with Crippen LogP contribution in [0.1, 0.15) is 35.6 Å². The summed E-state index contributed by atoms with van der Waals surface area (Å²) in [5, 5.41) is 10.2. The van der Waals surface area contributed by atoms with Crippen LogP contribution in [0.15, 0.2) is 72.8 Å². The van der Waals surface area contributed by atoms with Gasteiger partial charge in [0, 0.05) is 23.6 Å². The lowest BCUT2D eigenvalue weighted by Gasteiger charge is -2.37. The normalized spacial score (nSPS) is 26.5. The van der Waals surface area contributed by atoms with Crippen molar-refractivity contribution < 1.29 is 28.3 Å². The fraction of sp³-hybridized carbons (Fsp3) is 0.412. The number of hydrogen-bond acceptors (Lipinski definition) is 5. The molecule has 2 amide bonds. The van der Waals surface area contributed by atoms with Gasteiger partial charge in [-0.3, -0.25) is 9.59 Å². The third-order valence-electron chi connectivity index (χ3n) is 9.61. The predicted molar refractivity (Wildman–Crippen MR) is 165 cm³/mol. The molecule has 0 aliphatic carbocycles. The Labute approximate surface area is 253 Å². The number of aliphatic hydroxyl groups is 1. The van der Waals surface area contributed by atoms with Crippen LogP contribution in [0.25, 0.3) is 0 Å². The fourth-order valence-electron chi connectivity index (χ4n) is 7.61. The number of anilines is 1. The molecule has 9 heteroatoms. The highest BCUT2D eigenvalue weighted by Gasteiger charge is 2.67. The second kappa shape index (κ2) is 11.2. The molecule has 0 saturated carbocycles. The van der Waals surface area contributed by atoms with Crippen LogP contribution in [-0.2, 0) is 39.4 Å². The molecule has 0 aromatic heterocycles. The molecule has 226 valence electrons. The molecule has 3 aromatic rings. The molecule has 5 atom stereocenters. The van der Waals surface area contributed by atoms with Gasteiger partial charge in [0.25, 0.3) is 5.91 Å². The summed E-state index contributed by atoms with van der Waals surface area (Å²) in [7, 11) is -1.89. The van der Waals surface area contributed by atoms with Crippen LogP contribution in [0.5, 0.6) is 5.75 Å². The number of carbonyl (C=O) groups excluding carboxylic acids is 2. The summed E-state index contributed by atoms with van der Waals surface area (Å²) in [5.41, 5.74) is 2.42. The standard InChI is InChI=1S/C34H39FN2O5Si/c1-22-32(43(3,4)35)30(18-31(39)36-20-25-13-9-8-12-24(25)16-26(36)21-38)42-34(22)28-17-27(41-2)14-15-29(28)37(33(34)40)19-23-10-6-5-7-11-23/h5-15,17,22,26,30,32,38H,16,18-21H2,1-4H3/t22-,26+,30+,32-,34+/m1/s1. The van der Waals surface area contributed by atoms with Gasteiger partial charge in [0.05, 0.1) is 44.5 Å².